The van der Waals surface area contributed by atoms with Crippen molar-refractivity contribution in [1.29, 1.82) is 0 Å². The van der Waals surface area contributed by atoms with Crippen LogP contribution in [0.25, 0.3) is 11.4 Å². The van der Waals surface area contributed by atoms with E-state index in [-0.39, 0.29) is 18.4 Å². The molecule has 10 nitrogen and oxygen atoms in total. The lowest BCUT2D eigenvalue weighted by Crippen LogP contribution is -2.47. The normalized spacial score (nSPS) is 20.8. The quantitative estimate of drug-likeness (QED) is 0.473. The number of nitrogens with zero attached hydrogens (tertiary/aromatic N) is 4. The molecule has 1 saturated heterocycles. The molecule has 3 aromatic rings. The first kappa shape index (κ1) is 23.9. The summed E-state index contributed by atoms with van der Waals surface area (Å²) >= 11 is 0. The van der Waals surface area contributed by atoms with E-state index in [1.165, 1.54) is 0 Å². The Balaban J connectivity index is 1.08. The number of H-pyrrole nitrogens is 1. The molecule has 2 fully saturated rings. The van der Waals surface area contributed by atoms with E-state index in [2.05, 4.69) is 25.9 Å². The van der Waals surface area contributed by atoms with Gasteiger partial charge in [-0.2, -0.15) is 5.21 Å². The Labute approximate surface area is 209 Å². The fourth-order valence-corrected chi connectivity index (χ4v) is 5.35. The molecule has 1 aliphatic heterocycles. The van der Waals surface area contributed by atoms with Gasteiger partial charge in [0.25, 0.3) is 0 Å². The second-order valence-corrected chi connectivity index (χ2v) is 9.47. The molecule has 2 aliphatic rings. The number of ether oxygens (including phenoxy) is 2. The van der Waals surface area contributed by atoms with Gasteiger partial charge in [0, 0.05) is 30.8 Å². The van der Waals surface area contributed by atoms with Gasteiger partial charge in [-0.25, -0.2) is 0 Å². The lowest BCUT2D eigenvalue weighted by Gasteiger charge is -2.37. The van der Waals surface area contributed by atoms with Gasteiger partial charge in [0.2, 0.25) is 17.6 Å². The third kappa shape index (κ3) is 5.54. The van der Waals surface area contributed by atoms with Crippen LogP contribution in [0.15, 0.2) is 48.5 Å². The van der Waals surface area contributed by atoms with Crippen molar-refractivity contribution in [2.24, 2.45) is 17.8 Å². The third-order valence-electron chi connectivity index (χ3n) is 7.23. The van der Waals surface area contributed by atoms with Gasteiger partial charge in [0.15, 0.2) is 0 Å². The van der Waals surface area contributed by atoms with Crippen LogP contribution in [0.2, 0.25) is 0 Å². The molecule has 2 N–H and O–H groups in total. The van der Waals surface area contributed by atoms with E-state index in [0.717, 1.165) is 35.4 Å². The predicted octanol–water partition coefficient (Wildman–Crippen LogP) is 2.91. The predicted molar refractivity (Wildman–Crippen MR) is 132 cm³/mol. The van der Waals surface area contributed by atoms with Crippen LogP contribution in [0, 0.1) is 17.8 Å². The zero-order valence-electron chi connectivity index (χ0n) is 20.2. The highest BCUT2D eigenvalue weighted by Gasteiger charge is 2.43. The molecule has 188 valence electrons. The maximum absolute atomic E-state index is 12.8. The Bertz CT molecular complexity index is 1150. The van der Waals surface area contributed by atoms with Crippen LogP contribution in [0.1, 0.15) is 24.8 Å². The molecular weight excluding hydrogens is 460 g/mol. The van der Waals surface area contributed by atoms with Crippen molar-refractivity contribution in [3.8, 4) is 17.1 Å². The first-order chi connectivity index (χ1) is 17.6. The second kappa shape index (κ2) is 10.9. The Morgan fingerprint density at radius 3 is 2.42 bits per heavy atom. The van der Waals surface area contributed by atoms with Crippen LogP contribution >= 0.6 is 0 Å². The van der Waals surface area contributed by atoms with E-state index in [1.807, 2.05) is 53.4 Å². The lowest BCUT2D eigenvalue weighted by atomic mass is 9.82. The molecular formula is C26H30N6O4. The van der Waals surface area contributed by atoms with Crippen molar-refractivity contribution >= 4 is 17.5 Å². The Morgan fingerprint density at radius 1 is 1.06 bits per heavy atom. The van der Waals surface area contributed by atoms with Gasteiger partial charge >= 0.3 is 0 Å². The smallest absolute Gasteiger partial charge is 0.248 e. The van der Waals surface area contributed by atoms with Gasteiger partial charge in [-0.05, 0) is 77.8 Å². The number of carbonyl (C=O) groups excluding carboxylic acids is 2. The standard InChI is InChI=1S/C26H30N6O4/c1-35-22-10-2-17(3-11-22)15-36-16-25(34)32-13-19-4-5-20(14-32)23(19)12-24(33)27-21-8-6-18(7-9-21)26-28-30-31-29-26/h2-3,6-11,19-20,23H,4-5,12-16H2,1H3,(H,27,33)(H,28,29,30,31)/t19-,20-/m1/s1. The fourth-order valence-electron chi connectivity index (χ4n) is 5.35. The highest BCUT2D eigenvalue weighted by molar-refractivity contribution is 5.91. The Hall–Kier alpha value is -3.79. The molecule has 1 saturated carbocycles. The SMILES string of the molecule is COc1ccc(COCC(=O)N2C[C@H]3CC[C@H](C2)C3CC(=O)Nc2ccc(-c3nn[nH]n3)cc2)cc1. The average Bonchev–Trinajstić information content (AvgIpc) is 3.50. The molecule has 1 aromatic heterocycles. The summed E-state index contributed by atoms with van der Waals surface area (Å²) in [7, 11) is 1.63. The molecule has 36 heavy (non-hydrogen) atoms. The molecule has 2 atom stereocenters. The number of hydrogen-bond donors (Lipinski definition) is 2. The first-order valence-corrected chi connectivity index (χ1v) is 12.2. The summed E-state index contributed by atoms with van der Waals surface area (Å²) < 4.78 is 10.8. The summed E-state index contributed by atoms with van der Waals surface area (Å²) in [6, 6.07) is 15.0. The van der Waals surface area contributed by atoms with Crippen LogP contribution < -0.4 is 10.1 Å². The summed E-state index contributed by atoms with van der Waals surface area (Å²) in [4.78, 5) is 27.5. The minimum absolute atomic E-state index is 0.00631. The van der Waals surface area contributed by atoms with Crippen molar-refractivity contribution in [1.82, 2.24) is 25.5 Å². The second-order valence-electron chi connectivity index (χ2n) is 9.47. The number of aromatic nitrogens is 4. The number of likely N-dealkylation sites (tertiary alicyclic amines) is 1. The summed E-state index contributed by atoms with van der Waals surface area (Å²) in [5.74, 6) is 2.32. The number of aromatic amines is 1. The topological polar surface area (TPSA) is 122 Å². The van der Waals surface area contributed by atoms with Crippen molar-refractivity contribution in [2.45, 2.75) is 25.9 Å². The molecule has 2 aromatic carbocycles. The number of nitrogens with one attached hydrogen (secondary N) is 2. The van der Waals surface area contributed by atoms with Crippen LogP contribution in [-0.2, 0) is 20.9 Å². The van der Waals surface area contributed by atoms with E-state index >= 15 is 0 Å². The Morgan fingerprint density at radius 2 is 1.78 bits per heavy atom. The third-order valence-corrected chi connectivity index (χ3v) is 7.23. The van der Waals surface area contributed by atoms with Crippen LogP contribution in [0.4, 0.5) is 5.69 Å². The Kier molecular flexibility index (Phi) is 7.22. The molecule has 0 spiro atoms. The lowest BCUT2D eigenvalue weighted by molar-refractivity contribution is -0.139. The monoisotopic (exact) mass is 490 g/mol. The highest BCUT2D eigenvalue weighted by Crippen LogP contribution is 2.43. The molecule has 2 heterocycles. The van der Waals surface area contributed by atoms with Crippen molar-refractivity contribution in [3.63, 3.8) is 0 Å². The molecule has 0 unspecified atom stereocenters. The largest absolute Gasteiger partial charge is 0.497 e. The summed E-state index contributed by atoms with van der Waals surface area (Å²) in [5, 5.41) is 16.9. The molecule has 2 bridgehead atoms. The number of piperidine rings is 1. The van der Waals surface area contributed by atoms with E-state index in [0.29, 0.717) is 49.7 Å². The fraction of sp³-hybridized carbons (Fsp3) is 0.423. The van der Waals surface area contributed by atoms with Crippen LogP contribution in [0.5, 0.6) is 5.75 Å². The maximum atomic E-state index is 12.8. The van der Waals surface area contributed by atoms with Gasteiger partial charge < -0.3 is 19.7 Å². The van der Waals surface area contributed by atoms with Crippen molar-refractivity contribution in [3.05, 3.63) is 54.1 Å². The van der Waals surface area contributed by atoms with Gasteiger partial charge in [0.05, 0.1) is 13.7 Å². The summed E-state index contributed by atoms with van der Waals surface area (Å²) in [6.07, 6.45) is 2.58. The van der Waals surface area contributed by atoms with Crippen LogP contribution in [-0.4, -0.2) is 64.1 Å². The van der Waals surface area contributed by atoms with Gasteiger partial charge in [-0.1, -0.05) is 12.1 Å². The number of rotatable bonds is 9. The molecule has 0 radical (unpaired) electrons. The van der Waals surface area contributed by atoms with Crippen LogP contribution in [0.3, 0.4) is 0 Å². The summed E-state index contributed by atoms with van der Waals surface area (Å²) in [6.45, 7) is 1.84. The van der Waals surface area contributed by atoms with E-state index in [4.69, 9.17) is 9.47 Å². The minimum atomic E-state index is 0.00631. The number of amides is 2. The van der Waals surface area contributed by atoms with Gasteiger partial charge in [0.1, 0.15) is 12.4 Å². The highest BCUT2D eigenvalue weighted by atomic mass is 16.5. The number of anilines is 1. The van der Waals surface area contributed by atoms with E-state index in [1.54, 1.807) is 7.11 Å². The van der Waals surface area contributed by atoms with Gasteiger partial charge in [-0.15, -0.1) is 10.2 Å². The van der Waals surface area contributed by atoms with E-state index < -0.39 is 0 Å². The number of benzene rings is 2. The number of carbonyl (C=O) groups is 2. The zero-order chi connectivity index (χ0) is 24.9. The number of tetrazole rings is 1. The first-order valence-electron chi connectivity index (χ1n) is 12.2. The number of methoxy groups -OCH3 is 1. The summed E-state index contributed by atoms with van der Waals surface area (Å²) in [5.41, 5.74) is 2.56. The number of fused-ring (bicyclic) bond motifs is 2. The molecule has 10 heteroatoms. The zero-order valence-corrected chi connectivity index (χ0v) is 20.2. The minimum Gasteiger partial charge on any atom is -0.497 e. The molecule has 2 amide bonds. The van der Waals surface area contributed by atoms with Crippen molar-refractivity contribution < 1.29 is 19.1 Å². The molecule has 5 rings (SSSR count). The van der Waals surface area contributed by atoms with Crippen molar-refractivity contribution in [2.75, 3.05) is 32.1 Å². The maximum Gasteiger partial charge on any atom is 0.248 e. The molecule has 1 aliphatic carbocycles. The average molecular weight is 491 g/mol. The van der Waals surface area contributed by atoms with Gasteiger partial charge in [-0.3, -0.25) is 9.59 Å². The van der Waals surface area contributed by atoms with E-state index in [9.17, 15) is 9.59 Å². The number of hydrogen-bond acceptors (Lipinski definition) is 7.